The molecule has 0 radical (unpaired) electrons. The number of para-hydroxylation sites is 2. The lowest BCUT2D eigenvalue weighted by Crippen LogP contribution is -2.25. The van der Waals surface area contributed by atoms with Crippen molar-refractivity contribution < 1.29 is 14.3 Å². The van der Waals surface area contributed by atoms with Crippen molar-refractivity contribution in [2.24, 2.45) is 0 Å². The quantitative estimate of drug-likeness (QED) is 0.264. The van der Waals surface area contributed by atoms with Crippen LogP contribution in [0, 0.1) is 0 Å². The Morgan fingerprint density at radius 1 is 1.12 bits per heavy atom. The number of ether oxygens (including phenoxy) is 2. The fourth-order valence-electron chi connectivity index (χ4n) is 3.80. The van der Waals surface area contributed by atoms with E-state index in [1.165, 1.54) is 0 Å². The standard InChI is InChI=1S/C27H28N4O3/c1-3-7-20-10-11-24(25(18-20)33-2)34-17-6-16-31-23-9-5-4-8-22(23)30-26(31)19-29-27(32)21-12-14-28-15-13-21/h3-5,8-15,18H,1,6-7,16-17,19H2,2H3,(H,29,32). The van der Waals surface area contributed by atoms with Crippen molar-refractivity contribution in [2.45, 2.75) is 25.9 Å². The number of imidazole rings is 1. The highest BCUT2D eigenvalue weighted by Gasteiger charge is 2.13. The summed E-state index contributed by atoms with van der Waals surface area (Å²) in [6.45, 7) is 5.34. The fourth-order valence-corrected chi connectivity index (χ4v) is 3.80. The van der Waals surface area contributed by atoms with Crippen LogP contribution in [0.5, 0.6) is 11.5 Å². The van der Waals surface area contributed by atoms with Gasteiger partial charge in [0.05, 0.1) is 31.3 Å². The number of aromatic nitrogens is 3. The number of hydrogen-bond acceptors (Lipinski definition) is 5. The number of methoxy groups -OCH3 is 1. The summed E-state index contributed by atoms with van der Waals surface area (Å²) >= 11 is 0. The zero-order chi connectivity index (χ0) is 23.8. The summed E-state index contributed by atoms with van der Waals surface area (Å²) in [5.74, 6) is 2.08. The Morgan fingerprint density at radius 2 is 1.94 bits per heavy atom. The van der Waals surface area contributed by atoms with Gasteiger partial charge in [-0.2, -0.15) is 0 Å². The third kappa shape index (κ3) is 5.43. The van der Waals surface area contributed by atoms with Crippen molar-refractivity contribution >= 4 is 16.9 Å². The van der Waals surface area contributed by atoms with Gasteiger partial charge in [0, 0.05) is 24.5 Å². The van der Waals surface area contributed by atoms with Gasteiger partial charge in [-0.3, -0.25) is 9.78 Å². The van der Waals surface area contributed by atoms with Gasteiger partial charge >= 0.3 is 0 Å². The molecule has 2 aromatic carbocycles. The normalized spacial score (nSPS) is 10.7. The van der Waals surface area contributed by atoms with E-state index in [0.29, 0.717) is 31.0 Å². The molecule has 2 heterocycles. The molecule has 0 aliphatic heterocycles. The number of fused-ring (bicyclic) bond motifs is 1. The highest BCUT2D eigenvalue weighted by Crippen LogP contribution is 2.28. The molecule has 4 aromatic rings. The molecule has 174 valence electrons. The predicted octanol–water partition coefficient (Wildman–Crippen LogP) is 4.57. The van der Waals surface area contributed by atoms with Crippen LogP contribution in [-0.2, 0) is 19.5 Å². The number of carbonyl (C=O) groups is 1. The number of nitrogens with one attached hydrogen (secondary N) is 1. The van der Waals surface area contributed by atoms with Crippen LogP contribution in [0.25, 0.3) is 11.0 Å². The molecule has 0 spiro atoms. The third-order valence-electron chi connectivity index (χ3n) is 5.47. The van der Waals surface area contributed by atoms with Crippen LogP contribution >= 0.6 is 0 Å². The van der Waals surface area contributed by atoms with Gasteiger partial charge in [0.1, 0.15) is 5.82 Å². The summed E-state index contributed by atoms with van der Waals surface area (Å²) in [5.41, 5.74) is 3.62. The molecule has 0 aliphatic rings. The number of nitrogens with zero attached hydrogens (tertiary/aromatic N) is 3. The minimum absolute atomic E-state index is 0.156. The van der Waals surface area contributed by atoms with E-state index in [1.807, 2.05) is 48.5 Å². The minimum atomic E-state index is -0.156. The van der Waals surface area contributed by atoms with E-state index in [9.17, 15) is 4.79 Å². The minimum Gasteiger partial charge on any atom is -0.493 e. The molecule has 0 fully saturated rings. The van der Waals surface area contributed by atoms with Gasteiger partial charge in [0.15, 0.2) is 11.5 Å². The largest absolute Gasteiger partial charge is 0.493 e. The van der Waals surface area contributed by atoms with Gasteiger partial charge in [-0.1, -0.05) is 24.3 Å². The number of hydrogen-bond donors (Lipinski definition) is 1. The molecule has 1 N–H and O–H groups in total. The number of amides is 1. The second-order valence-electron chi connectivity index (χ2n) is 7.77. The van der Waals surface area contributed by atoms with Crippen LogP contribution in [0.15, 0.2) is 79.6 Å². The monoisotopic (exact) mass is 456 g/mol. The highest BCUT2D eigenvalue weighted by molar-refractivity contribution is 5.93. The molecule has 0 atom stereocenters. The Morgan fingerprint density at radius 3 is 2.74 bits per heavy atom. The molecular formula is C27H28N4O3. The number of carbonyl (C=O) groups excluding carboxylic acids is 1. The van der Waals surface area contributed by atoms with Crippen molar-refractivity contribution in [3.05, 3.63) is 96.6 Å². The Balaban J connectivity index is 1.41. The molecule has 0 bridgehead atoms. The van der Waals surface area contributed by atoms with Crippen LogP contribution in [0.2, 0.25) is 0 Å². The van der Waals surface area contributed by atoms with Crippen molar-refractivity contribution in [3.63, 3.8) is 0 Å². The molecule has 2 aromatic heterocycles. The molecule has 0 saturated carbocycles. The maximum Gasteiger partial charge on any atom is 0.251 e. The SMILES string of the molecule is C=CCc1ccc(OCCCn2c(CNC(=O)c3ccncc3)nc3ccccc32)c(OC)c1. The van der Waals surface area contributed by atoms with Crippen molar-refractivity contribution in [3.8, 4) is 11.5 Å². The second kappa shape index (κ2) is 11.1. The molecular weight excluding hydrogens is 428 g/mol. The molecule has 0 saturated heterocycles. The lowest BCUT2D eigenvalue weighted by atomic mass is 10.1. The Hall–Kier alpha value is -4.13. The summed E-state index contributed by atoms with van der Waals surface area (Å²) in [6, 6.07) is 17.3. The zero-order valence-electron chi connectivity index (χ0n) is 19.2. The van der Waals surface area contributed by atoms with Crippen LogP contribution < -0.4 is 14.8 Å². The maximum absolute atomic E-state index is 12.5. The fraction of sp³-hybridized carbons (Fsp3) is 0.222. The molecule has 4 rings (SSSR count). The topological polar surface area (TPSA) is 78.3 Å². The number of rotatable bonds is 11. The van der Waals surface area contributed by atoms with Gasteiger partial charge < -0.3 is 19.4 Å². The van der Waals surface area contributed by atoms with Crippen LogP contribution in [0.1, 0.15) is 28.2 Å². The van der Waals surface area contributed by atoms with E-state index >= 15 is 0 Å². The van der Waals surface area contributed by atoms with E-state index in [-0.39, 0.29) is 5.91 Å². The van der Waals surface area contributed by atoms with E-state index < -0.39 is 0 Å². The molecule has 7 nitrogen and oxygen atoms in total. The van der Waals surface area contributed by atoms with Gasteiger partial charge in [0.2, 0.25) is 0 Å². The predicted molar refractivity (Wildman–Crippen MR) is 132 cm³/mol. The Bertz CT molecular complexity index is 1270. The van der Waals surface area contributed by atoms with Crippen molar-refractivity contribution in [1.82, 2.24) is 19.9 Å². The highest BCUT2D eigenvalue weighted by atomic mass is 16.5. The van der Waals surface area contributed by atoms with Crippen LogP contribution in [0.3, 0.4) is 0 Å². The smallest absolute Gasteiger partial charge is 0.251 e. The first-order valence-electron chi connectivity index (χ1n) is 11.2. The lowest BCUT2D eigenvalue weighted by molar-refractivity contribution is 0.0949. The first kappa shape index (κ1) is 23.0. The first-order chi connectivity index (χ1) is 16.7. The van der Waals surface area contributed by atoms with Crippen molar-refractivity contribution in [2.75, 3.05) is 13.7 Å². The number of pyridine rings is 1. The van der Waals surface area contributed by atoms with Gasteiger partial charge in [-0.25, -0.2) is 4.98 Å². The number of allylic oxidation sites excluding steroid dienone is 1. The van der Waals surface area contributed by atoms with Crippen LogP contribution in [-0.4, -0.2) is 34.2 Å². The zero-order valence-corrected chi connectivity index (χ0v) is 19.2. The summed E-state index contributed by atoms with van der Waals surface area (Å²) < 4.78 is 13.6. The van der Waals surface area contributed by atoms with Crippen molar-refractivity contribution in [1.29, 1.82) is 0 Å². The average molecular weight is 457 g/mol. The van der Waals surface area contributed by atoms with E-state index in [0.717, 1.165) is 41.0 Å². The number of aryl methyl sites for hydroxylation is 1. The van der Waals surface area contributed by atoms with Gasteiger partial charge in [-0.15, -0.1) is 6.58 Å². The molecule has 1 amide bonds. The van der Waals surface area contributed by atoms with E-state index in [1.54, 1.807) is 31.6 Å². The summed E-state index contributed by atoms with van der Waals surface area (Å²) in [5, 5.41) is 2.96. The molecule has 0 aliphatic carbocycles. The number of benzene rings is 2. The van der Waals surface area contributed by atoms with E-state index in [4.69, 9.17) is 14.5 Å². The van der Waals surface area contributed by atoms with Gasteiger partial charge in [-0.05, 0) is 54.8 Å². The molecule has 34 heavy (non-hydrogen) atoms. The Labute approximate surface area is 199 Å². The first-order valence-corrected chi connectivity index (χ1v) is 11.2. The molecule has 0 unspecified atom stereocenters. The Kier molecular flexibility index (Phi) is 7.55. The van der Waals surface area contributed by atoms with Gasteiger partial charge in [0.25, 0.3) is 5.91 Å². The van der Waals surface area contributed by atoms with Crippen LogP contribution in [0.4, 0.5) is 0 Å². The summed E-state index contributed by atoms with van der Waals surface area (Å²) in [7, 11) is 1.64. The van der Waals surface area contributed by atoms with E-state index in [2.05, 4.69) is 21.4 Å². The lowest BCUT2D eigenvalue weighted by Gasteiger charge is -2.13. The second-order valence-corrected chi connectivity index (χ2v) is 7.77. The summed E-state index contributed by atoms with van der Waals surface area (Å²) in [6.07, 6.45) is 6.62. The summed E-state index contributed by atoms with van der Waals surface area (Å²) in [4.78, 5) is 21.2. The third-order valence-corrected chi connectivity index (χ3v) is 5.47. The average Bonchev–Trinajstić information content (AvgIpc) is 3.23. The molecule has 7 heteroatoms. The maximum atomic E-state index is 12.5.